The number of aryl methyl sites for hydroxylation is 1. The highest BCUT2D eigenvalue weighted by molar-refractivity contribution is 5.90. The molecule has 2 heteroatoms. The maximum atomic E-state index is 11.3. The second kappa shape index (κ2) is 10.5. The van der Waals surface area contributed by atoms with Gasteiger partial charge in [-0.1, -0.05) is 64.5 Å². The van der Waals surface area contributed by atoms with Crippen molar-refractivity contribution in [3.8, 4) is 0 Å². The second-order valence-corrected chi connectivity index (χ2v) is 5.47. The van der Waals surface area contributed by atoms with Gasteiger partial charge in [0.15, 0.2) is 0 Å². The number of carbonyl (C=O) groups is 1. The minimum absolute atomic E-state index is 0.0739. The summed E-state index contributed by atoms with van der Waals surface area (Å²) in [5.41, 5.74) is 2.27. The Morgan fingerprint density at radius 3 is 2.10 bits per heavy atom. The van der Waals surface area contributed by atoms with E-state index in [1.807, 2.05) is 19.1 Å². The van der Waals surface area contributed by atoms with Gasteiger partial charge in [0, 0.05) is 12.1 Å². The van der Waals surface area contributed by atoms with Gasteiger partial charge in [0.05, 0.1) is 0 Å². The van der Waals surface area contributed by atoms with Crippen LogP contribution in [-0.2, 0) is 11.2 Å². The largest absolute Gasteiger partial charge is 0.326 e. The quantitative estimate of drug-likeness (QED) is 0.575. The van der Waals surface area contributed by atoms with E-state index in [-0.39, 0.29) is 5.91 Å². The molecule has 0 bridgehead atoms. The molecule has 0 saturated carbocycles. The van der Waals surface area contributed by atoms with Crippen LogP contribution in [0.25, 0.3) is 0 Å². The molecule has 2 nitrogen and oxygen atoms in total. The molecule has 0 aliphatic heterocycles. The second-order valence-electron chi connectivity index (χ2n) is 5.47. The predicted octanol–water partition coefficient (Wildman–Crippen LogP) is 5.33. The summed E-state index contributed by atoms with van der Waals surface area (Å²) in [7, 11) is 0. The minimum Gasteiger partial charge on any atom is -0.326 e. The van der Waals surface area contributed by atoms with Crippen LogP contribution in [0.15, 0.2) is 24.3 Å². The first-order valence-electron chi connectivity index (χ1n) is 8.15. The molecule has 1 aromatic carbocycles. The number of hydrogen-bond acceptors (Lipinski definition) is 1. The molecule has 0 atom stereocenters. The lowest BCUT2D eigenvalue weighted by atomic mass is 10.0. The molecule has 1 amide bonds. The maximum Gasteiger partial charge on any atom is 0.224 e. The van der Waals surface area contributed by atoms with Crippen molar-refractivity contribution in [1.82, 2.24) is 0 Å². The molecule has 0 saturated heterocycles. The predicted molar refractivity (Wildman–Crippen MR) is 87.1 cm³/mol. The van der Waals surface area contributed by atoms with Gasteiger partial charge in [-0.05, 0) is 30.5 Å². The van der Waals surface area contributed by atoms with Gasteiger partial charge in [-0.25, -0.2) is 0 Å². The van der Waals surface area contributed by atoms with Crippen LogP contribution in [0.1, 0.15) is 70.8 Å². The van der Waals surface area contributed by atoms with Gasteiger partial charge in [-0.15, -0.1) is 0 Å². The molecular formula is C18H29NO. The third-order valence-electron chi connectivity index (χ3n) is 3.63. The number of benzene rings is 1. The average molecular weight is 275 g/mol. The minimum atomic E-state index is 0.0739. The van der Waals surface area contributed by atoms with Crippen LogP contribution in [0, 0.1) is 0 Å². The summed E-state index contributed by atoms with van der Waals surface area (Å²) in [6.45, 7) is 4.12. The lowest BCUT2D eigenvalue weighted by molar-refractivity contribution is -0.115. The summed E-state index contributed by atoms with van der Waals surface area (Å²) < 4.78 is 0. The standard InChI is InChI=1S/C18H29NO/c1-3-5-6-7-8-9-10-11-16-12-14-17(15-13-16)19-18(20)4-2/h12-15H,3-11H2,1-2H3,(H,19,20). The normalized spacial score (nSPS) is 10.5. The first-order chi connectivity index (χ1) is 9.76. The highest BCUT2D eigenvalue weighted by Crippen LogP contribution is 2.14. The first kappa shape index (κ1) is 16.7. The molecule has 0 aliphatic carbocycles. The third kappa shape index (κ3) is 7.32. The van der Waals surface area contributed by atoms with Crippen molar-refractivity contribution in [3.63, 3.8) is 0 Å². The lowest BCUT2D eigenvalue weighted by Crippen LogP contribution is -2.09. The highest BCUT2D eigenvalue weighted by Gasteiger charge is 1.99. The van der Waals surface area contributed by atoms with Crippen molar-refractivity contribution in [2.75, 3.05) is 5.32 Å². The fraction of sp³-hybridized carbons (Fsp3) is 0.611. The molecule has 0 aromatic heterocycles. The van der Waals surface area contributed by atoms with Crippen molar-refractivity contribution in [3.05, 3.63) is 29.8 Å². The average Bonchev–Trinajstić information content (AvgIpc) is 2.48. The van der Waals surface area contributed by atoms with Crippen molar-refractivity contribution in [1.29, 1.82) is 0 Å². The van der Waals surface area contributed by atoms with E-state index in [0.717, 1.165) is 12.1 Å². The molecule has 1 N–H and O–H groups in total. The third-order valence-corrected chi connectivity index (χ3v) is 3.63. The summed E-state index contributed by atoms with van der Waals surface area (Å²) in [6, 6.07) is 8.26. The number of rotatable bonds is 10. The Labute approximate surface area is 124 Å². The molecule has 112 valence electrons. The first-order valence-corrected chi connectivity index (χ1v) is 8.15. The van der Waals surface area contributed by atoms with Crippen LogP contribution in [0.5, 0.6) is 0 Å². The van der Waals surface area contributed by atoms with E-state index in [4.69, 9.17) is 0 Å². The topological polar surface area (TPSA) is 29.1 Å². The van der Waals surface area contributed by atoms with Crippen molar-refractivity contribution < 1.29 is 4.79 Å². The van der Waals surface area contributed by atoms with Gasteiger partial charge < -0.3 is 5.32 Å². The molecule has 0 aliphatic rings. The smallest absolute Gasteiger partial charge is 0.224 e. The van der Waals surface area contributed by atoms with Gasteiger partial charge >= 0.3 is 0 Å². The van der Waals surface area contributed by atoms with Crippen molar-refractivity contribution in [2.45, 2.75) is 71.6 Å². The molecule has 0 heterocycles. The van der Waals surface area contributed by atoms with Gasteiger partial charge in [0.2, 0.25) is 5.91 Å². The molecule has 0 unspecified atom stereocenters. The van der Waals surface area contributed by atoms with Crippen molar-refractivity contribution >= 4 is 11.6 Å². The maximum absolute atomic E-state index is 11.3. The van der Waals surface area contributed by atoms with E-state index < -0.39 is 0 Å². The number of hydrogen-bond donors (Lipinski definition) is 1. The van der Waals surface area contributed by atoms with Gasteiger partial charge in [-0.2, -0.15) is 0 Å². The number of unbranched alkanes of at least 4 members (excludes halogenated alkanes) is 6. The number of anilines is 1. The SMILES string of the molecule is CCCCCCCCCc1ccc(NC(=O)CC)cc1. The van der Waals surface area contributed by atoms with E-state index in [1.54, 1.807) is 0 Å². The highest BCUT2D eigenvalue weighted by atomic mass is 16.1. The Bertz CT molecular complexity index is 370. The summed E-state index contributed by atoms with van der Waals surface area (Å²) in [4.78, 5) is 11.3. The van der Waals surface area contributed by atoms with Crippen LogP contribution >= 0.6 is 0 Å². The Hall–Kier alpha value is -1.31. The van der Waals surface area contributed by atoms with E-state index in [1.165, 1.54) is 50.5 Å². The van der Waals surface area contributed by atoms with E-state index in [0.29, 0.717) is 6.42 Å². The Morgan fingerprint density at radius 1 is 0.900 bits per heavy atom. The Balaban J connectivity index is 2.16. The monoisotopic (exact) mass is 275 g/mol. The van der Waals surface area contributed by atoms with Gasteiger partial charge in [0.1, 0.15) is 0 Å². The number of carbonyl (C=O) groups excluding carboxylic acids is 1. The molecule has 0 radical (unpaired) electrons. The van der Waals surface area contributed by atoms with Crippen LogP contribution in [0.4, 0.5) is 5.69 Å². The van der Waals surface area contributed by atoms with E-state index in [9.17, 15) is 4.79 Å². The molecule has 0 spiro atoms. The van der Waals surface area contributed by atoms with Gasteiger partial charge in [-0.3, -0.25) is 4.79 Å². The Morgan fingerprint density at radius 2 is 1.50 bits per heavy atom. The number of amides is 1. The van der Waals surface area contributed by atoms with Crippen LogP contribution < -0.4 is 5.32 Å². The van der Waals surface area contributed by atoms with Crippen LogP contribution in [0.3, 0.4) is 0 Å². The zero-order chi connectivity index (χ0) is 14.6. The van der Waals surface area contributed by atoms with E-state index >= 15 is 0 Å². The fourth-order valence-corrected chi connectivity index (χ4v) is 2.29. The van der Waals surface area contributed by atoms with Gasteiger partial charge in [0.25, 0.3) is 0 Å². The number of nitrogens with one attached hydrogen (secondary N) is 1. The molecule has 0 fully saturated rings. The summed E-state index contributed by atoms with van der Waals surface area (Å²) in [5, 5.41) is 2.88. The van der Waals surface area contributed by atoms with E-state index in [2.05, 4.69) is 24.4 Å². The van der Waals surface area contributed by atoms with Crippen molar-refractivity contribution in [2.24, 2.45) is 0 Å². The Kier molecular flexibility index (Phi) is 8.77. The summed E-state index contributed by atoms with van der Waals surface area (Å²) in [5.74, 6) is 0.0739. The summed E-state index contributed by atoms with van der Waals surface area (Å²) >= 11 is 0. The van der Waals surface area contributed by atoms with Crippen LogP contribution in [0.2, 0.25) is 0 Å². The van der Waals surface area contributed by atoms with Crippen LogP contribution in [-0.4, -0.2) is 5.91 Å². The molecule has 20 heavy (non-hydrogen) atoms. The zero-order valence-electron chi connectivity index (χ0n) is 13.1. The summed E-state index contributed by atoms with van der Waals surface area (Å²) in [6.07, 6.45) is 11.1. The molecular weight excluding hydrogens is 246 g/mol. The molecule has 1 aromatic rings. The zero-order valence-corrected chi connectivity index (χ0v) is 13.1. The molecule has 1 rings (SSSR count). The fourth-order valence-electron chi connectivity index (χ4n) is 2.29. The lowest BCUT2D eigenvalue weighted by Gasteiger charge is -2.06.